The molecule has 0 unspecified atom stereocenters. The minimum absolute atomic E-state index is 0.955. The van der Waals surface area contributed by atoms with E-state index >= 15 is 0 Å². The summed E-state index contributed by atoms with van der Waals surface area (Å²) >= 11 is 0. The standard InChI is InChI=1S/C27H25N.C27H18O/c1-3-10-27(25-16-9-14-21-12-7-8-15-24(21)25)28-26(4-2)23-18-17-20-11-5-6-13-22(20)19-23;1-16(2)17-7-3-8-18(15-17)19-9-4-10-20-21-11-5-13-23-26(21)27-22(25(19)20)12-6-14-24(27)28-23/h4-9,11-19H,3,10H2,1-2H3;3-15H,1H2,2H3/b26-4+,28-27?;. The Morgan fingerprint density at radius 1 is 0.571 bits per heavy atom. The number of hydrogen-bond acceptors (Lipinski definition) is 2. The van der Waals surface area contributed by atoms with Gasteiger partial charge in [-0.2, -0.15) is 0 Å². The van der Waals surface area contributed by atoms with E-state index in [1.807, 2.05) is 0 Å². The third-order valence-electron chi connectivity index (χ3n) is 11.0. The first-order valence-corrected chi connectivity index (χ1v) is 19.6. The van der Waals surface area contributed by atoms with Crippen LogP contribution in [0.15, 0.2) is 186 Å². The van der Waals surface area contributed by atoms with Crippen molar-refractivity contribution in [2.24, 2.45) is 4.99 Å². The highest BCUT2D eigenvalue weighted by molar-refractivity contribution is 6.34. The molecule has 0 bridgehead atoms. The van der Waals surface area contributed by atoms with E-state index in [9.17, 15) is 0 Å². The van der Waals surface area contributed by atoms with Gasteiger partial charge in [0.1, 0.15) is 11.2 Å². The van der Waals surface area contributed by atoms with Gasteiger partial charge in [-0.05, 0) is 104 Å². The van der Waals surface area contributed by atoms with E-state index in [-0.39, 0.29) is 0 Å². The van der Waals surface area contributed by atoms with E-state index in [0.717, 1.165) is 46.6 Å². The number of rotatable bonds is 7. The minimum atomic E-state index is 0.955. The van der Waals surface area contributed by atoms with Gasteiger partial charge in [-0.1, -0.05) is 171 Å². The zero-order chi connectivity index (χ0) is 38.2. The van der Waals surface area contributed by atoms with Crippen LogP contribution in [0.1, 0.15) is 50.3 Å². The average molecular weight is 722 g/mol. The van der Waals surface area contributed by atoms with E-state index in [1.54, 1.807) is 0 Å². The van der Waals surface area contributed by atoms with Crippen molar-refractivity contribution in [2.75, 3.05) is 0 Å². The lowest BCUT2D eigenvalue weighted by Gasteiger charge is -2.13. The predicted molar refractivity (Wildman–Crippen MR) is 243 cm³/mol. The molecule has 0 amide bonds. The zero-order valence-electron chi connectivity index (χ0n) is 32.1. The molecule has 2 heteroatoms. The molecule has 0 atom stereocenters. The zero-order valence-corrected chi connectivity index (χ0v) is 32.1. The fourth-order valence-corrected chi connectivity index (χ4v) is 8.31. The van der Waals surface area contributed by atoms with E-state index in [2.05, 4.69) is 197 Å². The van der Waals surface area contributed by atoms with E-state index in [0.29, 0.717) is 0 Å². The van der Waals surface area contributed by atoms with Crippen LogP contribution in [-0.2, 0) is 0 Å². The fourth-order valence-electron chi connectivity index (χ4n) is 8.31. The van der Waals surface area contributed by atoms with Gasteiger partial charge in [-0.15, -0.1) is 0 Å². The SMILES string of the molecule is C/C=C(/N=C(CCC)c1cccc2ccccc12)c1ccc2ccccc2c1.C=C(C)c1cccc(-c2cccc3c4cccc5oc6cccc(c23)c6c54)c1. The summed E-state index contributed by atoms with van der Waals surface area (Å²) in [7, 11) is 0. The number of furan rings is 1. The van der Waals surface area contributed by atoms with Crippen LogP contribution < -0.4 is 0 Å². The lowest BCUT2D eigenvalue weighted by molar-refractivity contribution is 0.669. The summed E-state index contributed by atoms with van der Waals surface area (Å²) in [6, 6.07) is 58.1. The molecule has 1 heterocycles. The highest BCUT2D eigenvalue weighted by Gasteiger charge is 2.19. The van der Waals surface area contributed by atoms with E-state index < -0.39 is 0 Å². The van der Waals surface area contributed by atoms with Crippen molar-refractivity contribution in [3.8, 4) is 11.1 Å². The van der Waals surface area contributed by atoms with E-state index in [1.165, 1.54) is 76.1 Å². The van der Waals surface area contributed by atoms with Crippen molar-refractivity contribution in [1.29, 1.82) is 0 Å². The molecule has 10 rings (SSSR count). The van der Waals surface area contributed by atoms with Gasteiger partial charge in [0.2, 0.25) is 0 Å². The quantitative estimate of drug-likeness (QED) is 0.119. The highest BCUT2D eigenvalue weighted by atomic mass is 16.3. The molecule has 0 saturated carbocycles. The molecule has 0 spiro atoms. The van der Waals surface area contributed by atoms with Gasteiger partial charge in [-0.25, -0.2) is 0 Å². The normalized spacial score (nSPS) is 12.3. The topological polar surface area (TPSA) is 25.5 Å². The van der Waals surface area contributed by atoms with Crippen LogP contribution in [0.3, 0.4) is 0 Å². The van der Waals surface area contributed by atoms with Gasteiger partial charge in [0.15, 0.2) is 0 Å². The van der Waals surface area contributed by atoms with Crippen molar-refractivity contribution in [3.05, 3.63) is 193 Å². The van der Waals surface area contributed by atoms with Crippen LogP contribution in [-0.4, -0.2) is 5.71 Å². The number of nitrogens with zero attached hydrogens (tertiary/aromatic N) is 1. The first-order valence-electron chi connectivity index (χ1n) is 19.6. The smallest absolute Gasteiger partial charge is 0.136 e. The second kappa shape index (κ2) is 14.8. The molecular weight excluding hydrogens is 679 g/mol. The summed E-state index contributed by atoms with van der Waals surface area (Å²) in [6.45, 7) is 10.5. The van der Waals surface area contributed by atoms with Gasteiger partial charge in [0, 0.05) is 27.6 Å². The van der Waals surface area contributed by atoms with Crippen LogP contribution >= 0.6 is 0 Å². The monoisotopic (exact) mass is 721 g/mol. The number of fused-ring (bicyclic) bond motifs is 5. The van der Waals surface area contributed by atoms with Gasteiger partial charge >= 0.3 is 0 Å². The van der Waals surface area contributed by atoms with Gasteiger partial charge in [0.05, 0.1) is 5.70 Å². The summed E-state index contributed by atoms with van der Waals surface area (Å²) in [6.07, 6.45) is 4.14. The van der Waals surface area contributed by atoms with Crippen molar-refractivity contribution in [2.45, 2.75) is 33.6 Å². The maximum Gasteiger partial charge on any atom is 0.136 e. The average Bonchev–Trinajstić information content (AvgIpc) is 3.64. The van der Waals surface area contributed by atoms with Gasteiger partial charge in [-0.3, -0.25) is 4.99 Å². The van der Waals surface area contributed by atoms with Crippen molar-refractivity contribution < 1.29 is 4.42 Å². The van der Waals surface area contributed by atoms with Crippen LogP contribution in [0.2, 0.25) is 0 Å². The van der Waals surface area contributed by atoms with Crippen molar-refractivity contribution >= 4 is 82.0 Å². The molecule has 0 aliphatic carbocycles. The third-order valence-corrected chi connectivity index (χ3v) is 11.0. The summed E-state index contributed by atoms with van der Waals surface area (Å²) < 4.78 is 6.17. The number of benzene rings is 9. The largest absolute Gasteiger partial charge is 0.456 e. The molecule has 0 aliphatic heterocycles. The lowest BCUT2D eigenvalue weighted by atomic mass is 9.89. The molecule has 9 aromatic carbocycles. The summed E-state index contributed by atoms with van der Waals surface area (Å²) in [4.78, 5) is 5.16. The molecule has 0 fully saturated rings. The Labute approximate surface area is 328 Å². The van der Waals surface area contributed by atoms with Crippen molar-refractivity contribution in [1.82, 2.24) is 0 Å². The minimum Gasteiger partial charge on any atom is -0.456 e. The predicted octanol–water partition coefficient (Wildman–Crippen LogP) is 15.7. The van der Waals surface area contributed by atoms with Crippen LogP contribution in [0.4, 0.5) is 0 Å². The Bertz CT molecular complexity index is 3130. The molecule has 1 aromatic heterocycles. The molecule has 0 radical (unpaired) electrons. The summed E-state index contributed by atoms with van der Waals surface area (Å²) in [5.74, 6) is 0. The summed E-state index contributed by atoms with van der Waals surface area (Å²) in [5.41, 5.74) is 11.2. The second-order valence-electron chi connectivity index (χ2n) is 14.6. The molecule has 0 N–H and O–H groups in total. The van der Waals surface area contributed by atoms with Gasteiger partial charge in [0.25, 0.3) is 0 Å². The van der Waals surface area contributed by atoms with Crippen molar-refractivity contribution in [3.63, 3.8) is 0 Å². The molecule has 2 nitrogen and oxygen atoms in total. The number of hydrogen-bond donors (Lipinski definition) is 0. The maximum absolute atomic E-state index is 6.17. The molecule has 270 valence electrons. The molecule has 0 aliphatic rings. The maximum atomic E-state index is 6.17. The Hall–Kier alpha value is -6.77. The Morgan fingerprint density at radius 2 is 1.20 bits per heavy atom. The highest BCUT2D eigenvalue weighted by Crippen LogP contribution is 2.45. The summed E-state index contributed by atoms with van der Waals surface area (Å²) in [5, 5.41) is 12.5. The lowest BCUT2D eigenvalue weighted by Crippen LogP contribution is -2.02. The Morgan fingerprint density at radius 3 is 1.96 bits per heavy atom. The van der Waals surface area contributed by atoms with Gasteiger partial charge < -0.3 is 4.42 Å². The first kappa shape index (κ1) is 35.0. The van der Waals surface area contributed by atoms with E-state index in [4.69, 9.17) is 9.41 Å². The molecule has 10 aromatic rings. The Balaban J connectivity index is 0.000000146. The molecule has 56 heavy (non-hydrogen) atoms. The van der Waals surface area contributed by atoms with Crippen LogP contribution in [0.5, 0.6) is 0 Å². The molecule has 0 saturated heterocycles. The number of aliphatic imine (C=N–C) groups is 1. The number of allylic oxidation sites excluding steroid dienone is 2. The fraction of sp³-hybridized carbons (Fsp3) is 0.0926. The third kappa shape index (κ3) is 6.24. The first-order chi connectivity index (χ1) is 27.5. The van der Waals surface area contributed by atoms with Crippen LogP contribution in [0.25, 0.3) is 87.4 Å². The second-order valence-corrected chi connectivity index (χ2v) is 14.6. The van der Waals surface area contributed by atoms with Crippen LogP contribution in [0, 0.1) is 0 Å². The molecular formula is C54H43NO. The Kier molecular flexibility index (Phi) is 9.25.